The highest BCUT2D eigenvalue weighted by molar-refractivity contribution is 14.0. The second-order valence-electron chi connectivity index (χ2n) is 7.99. The zero-order chi connectivity index (χ0) is 21.5. The highest BCUT2D eigenvalue weighted by atomic mass is 127. The first kappa shape index (κ1) is 24.5. The van der Waals surface area contributed by atoms with Gasteiger partial charge in [-0.05, 0) is 49.7 Å². The number of nitrogens with zero attached hydrogens (tertiary/aromatic N) is 6. The molecule has 8 nitrogen and oxygen atoms in total. The van der Waals surface area contributed by atoms with Crippen LogP contribution in [0.2, 0.25) is 0 Å². The molecule has 0 bridgehead atoms. The molecule has 0 aliphatic carbocycles. The van der Waals surface area contributed by atoms with E-state index in [-0.39, 0.29) is 24.0 Å². The summed E-state index contributed by atoms with van der Waals surface area (Å²) in [6.45, 7) is 6.65. The van der Waals surface area contributed by atoms with E-state index in [0.29, 0.717) is 6.04 Å². The fourth-order valence-corrected chi connectivity index (χ4v) is 4.45. The second kappa shape index (κ2) is 12.2. The molecule has 1 aromatic carbocycles. The maximum Gasteiger partial charge on any atom is 0.225 e. The summed E-state index contributed by atoms with van der Waals surface area (Å²) in [4.78, 5) is 20.5. The highest BCUT2D eigenvalue weighted by Crippen LogP contribution is 2.27. The van der Waals surface area contributed by atoms with E-state index < -0.39 is 0 Å². The maximum atomic E-state index is 5.47. The Hall–Kier alpha value is -2.14. The molecule has 2 aromatic rings. The van der Waals surface area contributed by atoms with Gasteiger partial charge in [0.1, 0.15) is 5.75 Å². The lowest BCUT2D eigenvalue weighted by Crippen LogP contribution is -2.53. The summed E-state index contributed by atoms with van der Waals surface area (Å²) in [6.07, 6.45) is 6.12. The SMILES string of the molecule is CN=C(NCC(c1cccc(OC)c1)N1CCCC1)N1CCN(c2ncccn2)CC1.I. The molecular formula is C23H34IN7O. The van der Waals surface area contributed by atoms with Crippen LogP contribution in [0.25, 0.3) is 0 Å². The Bertz CT molecular complexity index is 852. The third-order valence-corrected chi connectivity index (χ3v) is 6.14. The Morgan fingerprint density at radius 2 is 1.78 bits per heavy atom. The first-order chi connectivity index (χ1) is 15.3. The summed E-state index contributed by atoms with van der Waals surface area (Å²) in [5, 5.41) is 3.65. The first-order valence-electron chi connectivity index (χ1n) is 11.1. The lowest BCUT2D eigenvalue weighted by atomic mass is 10.1. The van der Waals surface area contributed by atoms with E-state index >= 15 is 0 Å². The van der Waals surface area contributed by atoms with Crippen molar-refractivity contribution in [3.8, 4) is 5.75 Å². The predicted octanol–water partition coefficient (Wildman–Crippen LogP) is 2.64. The Labute approximate surface area is 208 Å². The third kappa shape index (κ3) is 6.00. The number of aromatic nitrogens is 2. The van der Waals surface area contributed by atoms with Crippen molar-refractivity contribution in [2.75, 3.05) is 64.9 Å². The molecule has 0 saturated carbocycles. The molecule has 2 fully saturated rings. The normalized spacial score (nSPS) is 18.2. The first-order valence-corrected chi connectivity index (χ1v) is 11.1. The molecule has 0 amide bonds. The highest BCUT2D eigenvalue weighted by Gasteiger charge is 2.26. The molecule has 3 heterocycles. The Morgan fingerprint density at radius 1 is 1.06 bits per heavy atom. The maximum absolute atomic E-state index is 5.47. The number of benzene rings is 1. The molecule has 1 N–H and O–H groups in total. The van der Waals surface area contributed by atoms with Crippen LogP contribution in [0.3, 0.4) is 0 Å². The molecule has 1 atom stereocenters. The number of methoxy groups -OCH3 is 1. The Balaban J connectivity index is 0.00000289. The van der Waals surface area contributed by atoms with E-state index in [0.717, 1.165) is 63.5 Å². The van der Waals surface area contributed by atoms with Crippen molar-refractivity contribution in [2.45, 2.75) is 18.9 Å². The van der Waals surface area contributed by atoms with Crippen LogP contribution in [0, 0.1) is 0 Å². The number of hydrogen-bond acceptors (Lipinski definition) is 6. The quantitative estimate of drug-likeness (QED) is 0.337. The summed E-state index contributed by atoms with van der Waals surface area (Å²) in [7, 11) is 3.59. The number of rotatable bonds is 6. The van der Waals surface area contributed by atoms with Crippen LogP contribution in [-0.2, 0) is 0 Å². The van der Waals surface area contributed by atoms with Crippen molar-refractivity contribution < 1.29 is 4.74 Å². The van der Waals surface area contributed by atoms with E-state index in [4.69, 9.17) is 4.74 Å². The Morgan fingerprint density at radius 3 is 2.44 bits per heavy atom. The minimum Gasteiger partial charge on any atom is -0.497 e. The molecular weight excluding hydrogens is 517 g/mol. The van der Waals surface area contributed by atoms with E-state index in [2.05, 4.69) is 53.2 Å². The second-order valence-corrected chi connectivity index (χ2v) is 7.99. The molecule has 4 rings (SSSR count). The van der Waals surface area contributed by atoms with Crippen molar-refractivity contribution in [2.24, 2.45) is 4.99 Å². The van der Waals surface area contributed by atoms with Gasteiger partial charge in [0.2, 0.25) is 5.95 Å². The van der Waals surface area contributed by atoms with E-state index in [9.17, 15) is 0 Å². The van der Waals surface area contributed by atoms with Gasteiger partial charge in [0.15, 0.2) is 5.96 Å². The van der Waals surface area contributed by atoms with Gasteiger partial charge < -0.3 is 19.9 Å². The molecule has 0 spiro atoms. The molecule has 2 saturated heterocycles. The fourth-order valence-electron chi connectivity index (χ4n) is 4.45. The summed E-state index contributed by atoms with van der Waals surface area (Å²) in [5.74, 6) is 2.67. The van der Waals surface area contributed by atoms with Gasteiger partial charge in [-0.1, -0.05) is 12.1 Å². The largest absolute Gasteiger partial charge is 0.497 e. The molecule has 9 heteroatoms. The van der Waals surface area contributed by atoms with Gasteiger partial charge >= 0.3 is 0 Å². The van der Waals surface area contributed by atoms with Gasteiger partial charge in [0, 0.05) is 52.2 Å². The number of aliphatic imine (C=N–C) groups is 1. The molecule has 1 unspecified atom stereocenters. The molecule has 174 valence electrons. The molecule has 2 aliphatic rings. The lowest BCUT2D eigenvalue weighted by Gasteiger charge is -2.37. The molecule has 1 aromatic heterocycles. The van der Waals surface area contributed by atoms with Gasteiger partial charge in [0.05, 0.1) is 13.2 Å². The number of nitrogens with one attached hydrogen (secondary N) is 1. The van der Waals surface area contributed by atoms with Crippen LogP contribution < -0.4 is 15.0 Å². The minimum atomic E-state index is 0. The van der Waals surface area contributed by atoms with E-state index in [1.807, 2.05) is 19.2 Å². The average Bonchev–Trinajstić information content (AvgIpc) is 3.37. The monoisotopic (exact) mass is 551 g/mol. The zero-order valence-electron chi connectivity index (χ0n) is 19.0. The van der Waals surface area contributed by atoms with Crippen molar-refractivity contribution in [1.82, 2.24) is 25.1 Å². The van der Waals surface area contributed by atoms with Crippen molar-refractivity contribution in [3.63, 3.8) is 0 Å². The van der Waals surface area contributed by atoms with Crippen LogP contribution in [0.1, 0.15) is 24.4 Å². The van der Waals surface area contributed by atoms with E-state index in [1.165, 1.54) is 18.4 Å². The molecule has 2 aliphatic heterocycles. The molecule has 32 heavy (non-hydrogen) atoms. The van der Waals surface area contributed by atoms with Gasteiger partial charge in [-0.3, -0.25) is 9.89 Å². The molecule has 0 radical (unpaired) electrons. The summed E-state index contributed by atoms with van der Waals surface area (Å²) in [6, 6.07) is 10.6. The number of anilines is 1. The van der Waals surface area contributed by atoms with Crippen molar-refractivity contribution in [1.29, 1.82) is 0 Å². The number of piperazine rings is 1. The van der Waals surface area contributed by atoms with Crippen molar-refractivity contribution in [3.05, 3.63) is 48.3 Å². The summed E-state index contributed by atoms with van der Waals surface area (Å²) >= 11 is 0. The van der Waals surface area contributed by atoms with Gasteiger partial charge in [-0.15, -0.1) is 24.0 Å². The minimum absolute atomic E-state index is 0. The van der Waals surface area contributed by atoms with Crippen LogP contribution >= 0.6 is 24.0 Å². The van der Waals surface area contributed by atoms with Crippen LogP contribution in [-0.4, -0.2) is 85.7 Å². The smallest absolute Gasteiger partial charge is 0.225 e. The van der Waals surface area contributed by atoms with Crippen LogP contribution in [0.4, 0.5) is 5.95 Å². The van der Waals surface area contributed by atoms with Crippen LogP contribution in [0.5, 0.6) is 5.75 Å². The number of guanidine groups is 1. The van der Waals surface area contributed by atoms with E-state index in [1.54, 1.807) is 19.5 Å². The van der Waals surface area contributed by atoms with Crippen molar-refractivity contribution >= 4 is 35.9 Å². The number of ether oxygens (including phenoxy) is 1. The lowest BCUT2D eigenvalue weighted by molar-refractivity contribution is 0.242. The fraction of sp³-hybridized carbons (Fsp3) is 0.522. The number of halogens is 1. The third-order valence-electron chi connectivity index (χ3n) is 6.14. The zero-order valence-corrected chi connectivity index (χ0v) is 21.3. The Kier molecular flexibility index (Phi) is 9.34. The predicted molar refractivity (Wildman–Crippen MR) is 139 cm³/mol. The number of likely N-dealkylation sites (tertiary alicyclic amines) is 1. The summed E-state index contributed by atoms with van der Waals surface area (Å²) < 4.78 is 5.47. The van der Waals surface area contributed by atoms with Gasteiger partial charge in [-0.25, -0.2) is 9.97 Å². The summed E-state index contributed by atoms with van der Waals surface area (Å²) in [5.41, 5.74) is 1.29. The van der Waals surface area contributed by atoms with Gasteiger partial charge in [0.25, 0.3) is 0 Å². The number of hydrogen-bond donors (Lipinski definition) is 1. The average molecular weight is 551 g/mol. The van der Waals surface area contributed by atoms with Gasteiger partial charge in [-0.2, -0.15) is 0 Å². The van der Waals surface area contributed by atoms with Crippen LogP contribution in [0.15, 0.2) is 47.7 Å². The topological polar surface area (TPSA) is 69.1 Å². The standard InChI is InChI=1S/C23H33N7O.HI/c1-24-22(29-13-15-30(16-14-29)23-25-9-6-10-26-23)27-18-21(28-11-3-4-12-28)19-7-5-8-20(17-19)31-2;/h5-10,17,21H,3-4,11-16,18H2,1-2H3,(H,24,27);1H.